The monoisotopic (exact) mass is 249 g/mol. The fourth-order valence-corrected chi connectivity index (χ4v) is 2.43. The Morgan fingerprint density at radius 1 is 1.39 bits per heavy atom. The number of rotatable bonds is 4. The minimum Gasteiger partial charge on any atom is -0.494 e. The molecule has 0 amide bonds. The third-order valence-corrected chi connectivity index (χ3v) is 3.67. The first-order valence-corrected chi connectivity index (χ1v) is 6.81. The van der Waals surface area contributed by atoms with E-state index in [4.69, 9.17) is 4.74 Å². The molecule has 2 atom stereocenters. The van der Waals surface area contributed by atoms with Gasteiger partial charge in [0.15, 0.2) is 0 Å². The Morgan fingerprint density at radius 2 is 2.17 bits per heavy atom. The smallest absolute Gasteiger partial charge is 0.123 e. The van der Waals surface area contributed by atoms with Crippen molar-refractivity contribution in [2.75, 3.05) is 19.7 Å². The van der Waals surface area contributed by atoms with Crippen LogP contribution in [0.2, 0.25) is 0 Å². The number of piperidine rings is 1. The first-order chi connectivity index (χ1) is 8.70. The van der Waals surface area contributed by atoms with Crippen molar-refractivity contribution in [2.45, 2.75) is 32.9 Å². The Hall–Kier alpha value is -1.06. The predicted octanol–water partition coefficient (Wildman–Crippen LogP) is 2.29. The average molecular weight is 249 g/mol. The van der Waals surface area contributed by atoms with Gasteiger partial charge in [-0.2, -0.15) is 0 Å². The van der Waals surface area contributed by atoms with Crippen molar-refractivity contribution >= 4 is 0 Å². The molecule has 1 aromatic rings. The predicted molar refractivity (Wildman–Crippen MR) is 72.7 cm³/mol. The molecule has 1 aromatic carbocycles. The van der Waals surface area contributed by atoms with Crippen LogP contribution in [0.15, 0.2) is 24.3 Å². The van der Waals surface area contributed by atoms with E-state index >= 15 is 0 Å². The van der Waals surface area contributed by atoms with E-state index in [-0.39, 0.29) is 6.10 Å². The molecule has 1 N–H and O–H groups in total. The standard InChI is InChI=1S/C15H23NO2/c1-3-18-15-7-5-4-6-13(15)10-16-9-8-12(2)14(17)11-16/h4-7,12,14,17H,3,8-11H2,1-2H3. The summed E-state index contributed by atoms with van der Waals surface area (Å²) < 4.78 is 5.64. The quantitative estimate of drug-likeness (QED) is 0.888. The lowest BCUT2D eigenvalue weighted by atomic mass is 9.96. The summed E-state index contributed by atoms with van der Waals surface area (Å²) in [6, 6.07) is 8.17. The molecule has 3 nitrogen and oxygen atoms in total. The normalized spacial score (nSPS) is 25.1. The van der Waals surface area contributed by atoms with Crippen molar-refractivity contribution in [3.05, 3.63) is 29.8 Å². The number of hydrogen-bond acceptors (Lipinski definition) is 3. The third-order valence-electron chi connectivity index (χ3n) is 3.67. The molecule has 1 saturated heterocycles. The van der Waals surface area contributed by atoms with E-state index in [1.165, 1.54) is 5.56 Å². The Bertz CT molecular complexity index is 381. The van der Waals surface area contributed by atoms with Crippen LogP contribution in [0.5, 0.6) is 5.75 Å². The summed E-state index contributed by atoms with van der Waals surface area (Å²) in [6.45, 7) is 7.50. The highest BCUT2D eigenvalue weighted by molar-refractivity contribution is 5.33. The zero-order valence-corrected chi connectivity index (χ0v) is 11.3. The molecule has 0 saturated carbocycles. The molecule has 1 aliphatic rings. The summed E-state index contributed by atoms with van der Waals surface area (Å²) in [5.74, 6) is 1.39. The van der Waals surface area contributed by atoms with Crippen LogP contribution in [0.3, 0.4) is 0 Å². The number of ether oxygens (including phenoxy) is 1. The second kappa shape index (κ2) is 6.21. The molecule has 0 bridgehead atoms. The van der Waals surface area contributed by atoms with Gasteiger partial charge in [-0.3, -0.25) is 4.90 Å². The number of para-hydroxylation sites is 1. The van der Waals surface area contributed by atoms with E-state index in [0.717, 1.165) is 31.8 Å². The Kier molecular flexibility index (Phi) is 4.61. The molecular weight excluding hydrogens is 226 g/mol. The number of hydrogen-bond donors (Lipinski definition) is 1. The Morgan fingerprint density at radius 3 is 2.89 bits per heavy atom. The Labute approximate surface area is 109 Å². The molecule has 1 heterocycles. The first kappa shape index (κ1) is 13.4. The number of aliphatic hydroxyl groups excluding tert-OH is 1. The molecule has 2 unspecified atom stereocenters. The second-order valence-corrected chi connectivity index (χ2v) is 5.11. The van der Waals surface area contributed by atoms with Gasteiger partial charge in [-0.05, 0) is 31.9 Å². The average Bonchev–Trinajstić information content (AvgIpc) is 2.37. The zero-order chi connectivity index (χ0) is 13.0. The molecule has 1 fully saturated rings. The topological polar surface area (TPSA) is 32.7 Å². The van der Waals surface area contributed by atoms with Crippen LogP contribution in [0.25, 0.3) is 0 Å². The molecule has 0 aromatic heterocycles. The lowest BCUT2D eigenvalue weighted by Gasteiger charge is -2.34. The van der Waals surface area contributed by atoms with Crippen LogP contribution in [0.4, 0.5) is 0 Å². The fourth-order valence-electron chi connectivity index (χ4n) is 2.43. The van der Waals surface area contributed by atoms with Crippen LogP contribution in [0, 0.1) is 5.92 Å². The number of nitrogens with zero attached hydrogens (tertiary/aromatic N) is 1. The van der Waals surface area contributed by atoms with Crippen LogP contribution in [-0.4, -0.2) is 35.8 Å². The molecule has 0 aliphatic carbocycles. The molecule has 2 rings (SSSR count). The molecular formula is C15H23NO2. The van der Waals surface area contributed by atoms with E-state index in [1.807, 2.05) is 25.1 Å². The summed E-state index contributed by atoms with van der Waals surface area (Å²) in [7, 11) is 0. The largest absolute Gasteiger partial charge is 0.494 e. The summed E-state index contributed by atoms with van der Waals surface area (Å²) in [5.41, 5.74) is 1.21. The van der Waals surface area contributed by atoms with Gasteiger partial charge >= 0.3 is 0 Å². The lowest BCUT2D eigenvalue weighted by Crippen LogP contribution is -2.42. The van der Waals surface area contributed by atoms with Crippen molar-refractivity contribution in [3.63, 3.8) is 0 Å². The third kappa shape index (κ3) is 3.24. The maximum atomic E-state index is 9.93. The molecule has 0 radical (unpaired) electrons. The minimum absolute atomic E-state index is 0.196. The van der Waals surface area contributed by atoms with Gasteiger partial charge in [-0.25, -0.2) is 0 Å². The van der Waals surface area contributed by atoms with Crippen molar-refractivity contribution in [2.24, 2.45) is 5.92 Å². The molecule has 0 spiro atoms. The van der Waals surface area contributed by atoms with Crippen LogP contribution in [-0.2, 0) is 6.54 Å². The van der Waals surface area contributed by atoms with Gasteiger partial charge in [0, 0.05) is 18.7 Å². The van der Waals surface area contributed by atoms with Crippen LogP contribution >= 0.6 is 0 Å². The van der Waals surface area contributed by atoms with E-state index in [9.17, 15) is 5.11 Å². The number of β-amino-alcohol motifs (C(OH)–C–C–N with tert-alkyl or cyclic N) is 1. The molecule has 3 heteroatoms. The minimum atomic E-state index is -0.196. The summed E-state index contributed by atoms with van der Waals surface area (Å²) in [4.78, 5) is 2.31. The van der Waals surface area contributed by atoms with Crippen molar-refractivity contribution in [3.8, 4) is 5.75 Å². The van der Waals surface area contributed by atoms with Crippen LogP contribution in [0.1, 0.15) is 25.8 Å². The number of benzene rings is 1. The van der Waals surface area contributed by atoms with Gasteiger partial charge in [-0.1, -0.05) is 25.1 Å². The van der Waals surface area contributed by atoms with Gasteiger partial charge in [0.1, 0.15) is 5.75 Å². The van der Waals surface area contributed by atoms with Crippen LogP contribution < -0.4 is 4.74 Å². The fraction of sp³-hybridized carbons (Fsp3) is 0.600. The summed E-state index contributed by atoms with van der Waals surface area (Å²) >= 11 is 0. The van der Waals surface area contributed by atoms with Gasteiger partial charge < -0.3 is 9.84 Å². The second-order valence-electron chi connectivity index (χ2n) is 5.11. The van der Waals surface area contributed by atoms with Gasteiger partial charge in [0.05, 0.1) is 12.7 Å². The maximum absolute atomic E-state index is 9.93. The molecule has 18 heavy (non-hydrogen) atoms. The molecule has 1 aliphatic heterocycles. The highest BCUT2D eigenvalue weighted by atomic mass is 16.5. The van der Waals surface area contributed by atoms with E-state index in [2.05, 4.69) is 17.9 Å². The number of likely N-dealkylation sites (tertiary alicyclic amines) is 1. The van der Waals surface area contributed by atoms with Crippen molar-refractivity contribution < 1.29 is 9.84 Å². The highest BCUT2D eigenvalue weighted by Gasteiger charge is 2.24. The molecule has 100 valence electrons. The zero-order valence-electron chi connectivity index (χ0n) is 11.3. The Balaban J connectivity index is 2.01. The first-order valence-electron chi connectivity index (χ1n) is 6.81. The highest BCUT2D eigenvalue weighted by Crippen LogP contribution is 2.23. The van der Waals surface area contributed by atoms with Crippen molar-refractivity contribution in [1.82, 2.24) is 4.90 Å². The summed E-state index contributed by atoms with van der Waals surface area (Å²) in [5, 5.41) is 9.93. The maximum Gasteiger partial charge on any atom is 0.123 e. The lowest BCUT2D eigenvalue weighted by molar-refractivity contribution is 0.0256. The van der Waals surface area contributed by atoms with E-state index < -0.39 is 0 Å². The van der Waals surface area contributed by atoms with E-state index in [1.54, 1.807) is 0 Å². The van der Waals surface area contributed by atoms with Gasteiger partial charge in [0.2, 0.25) is 0 Å². The summed E-state index contributed by atoms with van der Waals surface area (Å²) in [6.07, 6.45) is 0.871. The van der Waals surface area contributed by atoms with E-state index in [0.29, 0.717) is 12.5 Å². The van der Waals surface area contributed by atoms with Gasteiger partial charge in [-0.15, -0.1) is 0 Å². The SMILES string of the molecule is CCOc1ccccc1CN1CCC(C)C(O)C1. The van der Waals surface area contributed by atoms with Gasteiger partial charge in [0.25, 0.3) is 0 Å². The van der Waals surface area contributed by atoms with Crippen molar-refractivity contribution in [1.29, 1.82) is 0 Å². The number of aliphatic hydroxyl groups is 1.